The Bertz CT molecular complexity index is 1980. The average molecular weight is 1520 g/mol. The number of carbonyl (C=O) groups excluding carboxylic acids is 4. The predicted molar refractivity (Wildman–Crippen MR) is 428 cm³/mol. The number of aliphatic hydroxyl groups excluding tert-OH is 1. The molecule has 0 aromatic rings. The molecule has 17 nitrogen and oxygen atoms in total. The van der Waals surface area contributed by atoms with Gasteiger partial charge >= 0.3 is 39.5 Å². The van der Waals surface area contributed by atoms with Crippen LogP contribution >= 0.6 is 15.6 Å². The van der Waals surface area contributed by atoms with Gasteiger partial charge < -0.3 is 33.8 Å². The molecule has 0 fully saturated rings. The molecule has 19 heteroatoms. The molecule has 0 aliphatic rings. The summed E-state index contributed by atoms with van der Waals surface area (Å²) in [7, 11) is -9.93. The van der Waals surface area contributed by atoms with Gasteiger partial charge in [-0.05, 0) is 31.6 Å². The minimum Gasteiger partial charge on any atom is -0.462 e. The summed E-state index contributed by atoms with van der Waals surface area (Å²) in [5.41, 5.74) is 0. The van der Waals surface area contributed by atoms with E-state index < -0.39 is 97.5 Å². The Labute approximate surface area is 638 Å². The molecular weight excluding hydrogens is 1350 g/mol. The summed E-state index contributed by atoms with van der Waals surface area (Å²) in [5, 5.41) is 10.7. The van der Waals surface area contributed by atoms with E-state index in [4.69, 9.17) is 37.0 Å². The number of esters is 4. The highest BCUT2D eigenvalue weighted by atomic mass is 31.2. The SMILES string of the molecule is CCCCCCCCCCCCCCCCCCCCC(=O)OC[C@H](COP(=O)(O)OC[C@@H](O)COP(=O)(O)OC[C@@H](COC(=O)CCCCCCCCCC(C)C)OC(=O)CCCCCCCCCCCCCCCCCCCC)OC(=O)CCCCCCCCCCCCCCCCCCCC. The number of phosphoric acid groups is 2. The molecule has 0 spiro atoms. The highest BCUT2D eigenvalue weighted by Gasteiger charge is 2.30. The summed E-state index contributed by atoms with van der Waals surface area (Å²) in [5.74, 6) is -1.40. The van der Waals surface area contributed by atoms with Crippen molar-refractivity contribution >= 4 is 39.5 Å². The second-order valence-corrected chi connectivity index (χ2v) is 34.0. The highest BCUT2D eigenvalue weighted by molar-refractivity contribution is 7.47. The van der Waals surface area contributed by atoms with Crippen LogP contribution in [0.3, 0.4) is 0 Å². The monoisotopic (exact) mass is 1520 g/mol. The zero-order chi connectivity index (χ0) is 76.2. The van der Waals surface area contributed by atoms with Gasteiger partial charge in [0, 0.05) is 25.7 Å². The highest BCUT2D eigenvalue weighted by Crippen LogP contribution is 2.45. The van der Waals surface area contributed by atoms with Crippen molar-refractivity contribution in [2.45, 2.75) is 477 Å². The van der Waals surface area contributed by atoms with Gasteiger partial charge in [0.1, 0.15) is 19.3 Å². The van der Waals surface area contributed by atoms with E-state index in [9.17, 15) is 43.2 Å². The van der Waals surface area contributed by atoms with Gasteiger partial charge in [-0.3, -0.25) is 37.3 Å². The number of unbranched alkanes of at least 4 members (excludes halogenated alkanes) is 57. The summed E-state index contributed by atoms with van der Waals surface area (Å²) in [6.45, 7) is 7.31. The molecule has 5 atom stereocenters. The lowest BCUT2D eigenvalue weighted by atomic mass is 10.0. The van der Waals surface area contributed by atoms with Gasteiger partial charge in [0.05, 0.1) is 26.4 Å². The Morgan fingerprint density at radius 3 is 0.654 bits per heavy atom. The Kier molecular flexibility index (Phi) is 76.3. The van der Waals surface area contributed by atoms with Crippen molar-refractivity contribution in [3.8, 4) is 0 Å². The predicted octanol–water partition coefficient (Wildman–Crippen LogP) is 26.0. The molecule has 0 aliphatic heterocycles. The van der Waals surface area contributed by atoms with Crippen LogP contribution in [-0.2, 0) is 65.4 Å². The van der Waals surface area contributed by atoms with Crippen LogP contribution in [0.2, 0.25) is 0 Å². The van der Waals surface area contributed by atoms with Gasteiger partial charge in [0.2, 0.25) is 0 Å². The summed E-state index contributed by atoms with van der Waals surface area (Å²) in [6, 6.07) is 0. The topological polar surface area (TPSA) is 237 Å². The molecular formula is C85H166O17P2. The van der Waals surface area contributed by atoms with E-state index in [-0.39, 0.29) is 25.7 Å². The van der Waals surface area contributed by atoms with Crippen molar-refractivity contribution in [2.24, 2.45) is 5.92 Å². The van der Waals surface area contributed by atoms with Crippen LogP contribution in [0.1, 0.15) is 458 Å². The van der Waals surface area contributed by atoms with Crippen LogP contribution in [0, 0.1) is 5.92 Å². The number of hydrogen-bond donors (Lipinski definition) is 3. The van der Waals surface area contributed by atoms with Gasteiger partial charge in [-0.1, -0.05) is 407 Å². The molecule has 0 aromatic carbocycles. The Morgan fingerprint density at radius 2 is 0.442 bits per heavy atom. The van der Waals surface area contributed by atoms with Crippen LogP contribution < -0.4 is 0 Å². The van der Waals surface area contributed by atoms with Gasteiger partial charge in [0.15, 0.2) is 12.2 Å². The lowest BCUT2D eigenvalue weighted by Crippen LogP contribution is -2.30. The van der Waals surface area contributed by atoms with Gasteiger partial charge in [-0.25, -0.2) is 9.13 Å². The fraction of sp³-hybridized carbons (Fsp3) is 0.953. The quantitative estimate of drug-likeness (QED) is 0.0222. The summed E-state index contributed by atoms with van der Waals surface area (Å²) in [4.78, 5) is 73.2. The van der Waals surface area contributed by atoms with Gasteiger partial charge in [-0.15, -0.1) is 0 Å². The first-order valence-electron chi connectivity index (χ1n) is 44.1. The normalized spacial score (nSPS) is 13.8. The van der Waals surface area contributed by atoms with E-state index in [0.717, 1.165) is 96.3 Å². The first-order chi connectivity index (χ1) is 50.5. The number of phosphoric ester groups is 2. The number of aliphatic hydroxyl groups is 1. The zero-order valence-electron chi connectivity index (χ0n) is 68.2. The minimum atomic E-state index is -4.96. The van der Waals surface area contributed by atoms with Gasteiger partial charge in [-0.2, -0.15) is 0 Å². The number of carbonyl (C=O) groups is 4. The second-order valence-electron chi connectivity index (χ2n) is 31.1. The molecule has 618 valence electrons. The summed E-state index contributed by atoms with van der Waals surface area (Å²) < 4.78 is 68.9. The zero-order valence-corrected chi connectivity index (χ0v) is 70.0. The Hall–Kier alpha value is -1.94. The van der Waals surface area contributed by atoms with Crippen molar-refractivity contribution in [1.82, 2.24) is 0 Å². The second kappa shape index (κ2) is 77.8. The summed E-state index contributed by atoms with van der Waals surface area (Å²) >= 11 is 0. The first-order valence-corrected chi connectivity index (χ1v) is 47.1. The Balaban J connectivity index is 5.23. The molecule has 0 heterocycles. The molecule has 0 saturated carbocycles. The largest absolute Gasteiger partial charge is 0.472 e. The lowest BCUT2D eigenvalue weighted by molar-refractivity contribution is -0.161. The van der Waals surface area contributed by atoms with Crippen molar-refractivity contribution in [3.63, 3.8) is 0 Å². The minimum absolute atomic E-state index is 0.108. The average Bonchev–Trinajstić information content (AvgIpc) is 0.915. The summed E-state index contributed by atoms with van der Waals surface area (Å²) in [6.07, 6.45) is 70.9. The molecule has 0 amide bonds. The van der Waals surface area contributed by atoms with Gasteiger partial charge in [0.25, 0.3) is 0 Å². The molecule has 2 unspecified atom stereocenters. The molecule has 3 N–H and O–H groups in total. The molecule has 0 aromatic heterocycles. The van der Waals surface area contributed by atoms with E-state index in [1.54, 1.807) is 0 Å². The maximum Gasteiger partial charge on any atom is 0.472 e. The van der Waals surface area contributed by atoms with E-state index in [1.165, 1.54) is 276 Å². The van der Waals surface area contributed by atoms with Crippen LogP contribution in [0.15, 0.2) is 0 Å². The van der Waals surface area contributed by atoms with Crippen LogP contribution in [0.4, 0.5) is 0 Å². The van der Waals surface area contributed by atoms with Crippen molar-refractivity contribution in [3.05, 3.63) is 0 Å². The standard InChI is InChI=1S/C85H166O17P2/c1-6-9-12-15-18-21-24-27-30-33-36-39-42-45-48-53-58-63-68-82(87)95-74-80(101-84(89)70-65-60-54-49-46-43-40-37-34-31-28-25-22-19-16-13-10-7-2)76-99-103(91,92)97-72-79(86)73-98-104(93,94)100-77-81(75-96-83(88)69-64-59-56-51-52-57-62-67-78(4)5)102-85(90)71-66-61-55-50-47-44-41-38-35-32-29-26-23-20-17-14-11-8-3/h78-81,86H,6-77H2,1-5H3,(H,91,92)(H,93,94)/t79-,80-,81-/m1/s1. The third-order valence-electron chi connectivity index (χ3n) is 20.0. The lowest BCUT2D eigenvalue weighted by Gasteiger charge is -2.21. The molecule has 0 radical (unpaired) electrons. The third kappa shape index (κ3) is 78.2. The number of hydrogen-bond acceptors (Lipinski definition) is 15. The molecule has 104 heavy (non-hydrogen) atoms. The Morgan fingerprint density at radius 1 is 0.260 bits per heavy atom. The van der Waals surface area contributed by atoms with E-state index in [0.29, 0.717) is 31.6 Å². The van der Waals surface area contributed by atoms with Crippen LogP contribution in [0.5, 0.6) is 0 Å². The third-order valence-corrected chi connectivity index (χ3v) is 21.9. The first kappa shape index (κ1) is 102. The maximum atomic E-state index is 13.1. The van der Waals surface area contributed by atoms with Crippen molar-refractivity contribution in [2.75, 3.05) is 39.6 Å². The van der Waals surface area contributed by atoms with Crippen molar-refractivity contribution < 1.29 is 80.2 Å². The van der Waals surface area contributed by atoms with E-state index in [2.05, 4.69) is 34.6 Å². The molecule has 0 aliphatic carbocycles. The maximum absolute atomic E-state index is 13.1. The fourth-order valence-corrected chi connectivity index (χ4v) is 14.9. The molecule has 0 bridgehead atoms. The smallest absolute Gasteiger partial charge is 0.462 e. The van der Waals surface area contributed by atoms with E-state index in [1.807, 2.05) is 0 Å². The van der Waals surface area contributed by atoms with E-state index >= 15 is 0 Å². The molecule has 0 saturated heterocycles. The van der Waals surface area contributed by atoms with Crippen molar-refractivity contribution in [1.29, 1.82) is 0 Å². The number of rotatable bonds is 85. The van der Waals surface area contributed by atoms with Crippen LogP contribution in [-0.4, -0.2) is 96.7 Å². The van der Waals surface area contributed by atoms with Crippen LogP contribution in [0.25, 0.3) is 0 Å². The molecule has 0 rings (SSSR count). The fourth-order valence-electron chi connectivity index (χ4n) is 13.3. The number of ether oxygens (including phenoxy) is 4.